The second-order valence-corrected chi connectivity index (χ2v) is 4.93. The fourth-order valence-electron chi connectivity index (χ4n) is 2.16. The lowest BCUT2D eigenvalue weighted by Gasteiger charge is -2.26. The minimum Gasteiger partial charge on any atom is -0.444 e. The quantitative estimate of drug-likeness (QED) is 0.907. The van der Waals surface area contributed by atoms with E-state index in [1.807, 2.05) is 44.2 Å². The van der Waals surface area contributed by atoms with Gasteiger partial charge in [-0.15, -0.1) is 0 Å². The summed E-state index contributed by atoms with van der Waals surface area (Å²) in [6.07, 6.45) is -1.40. The van der Waals surface area contributed by atoms with E-state index in [4.69, 9.17) is 9.47 Å². The van der Waals surface area contributed by atoms with Gasteiger partial charge in [0.05, 0.1) is 6.04 Å². The first kappa shape index (κ1) is 13.8. The Morgan fingerprint density at radius 2 is 2.16 bits per heavy atom. The molecule has 2 rings (SSSR count). The Morgan fingerprint density at radius 1 is 1.47 bits per heavy atom. The van der Waals surface area contributed by atoms with Crippen LogP contribution in [-0.2, 0) is 16.1 Å². The largest absolute Gasteiger partial charge is 0.444 e. The highest BCUT2D eigenvalue weighted by molar-refractivity contribution is 5.68. The summed E-state index contributed by atoms with van der Waals surface area (Å²) in [5.41, 5.74) is 0.928. The van der Waals surface area contributed by atoms with Crippen molar-refractivity contribution < 1.29 is 19.4 Å². The predicted octanol–water partition coefficient (Wildman–Crippen LogP) is 1.96. The minimum absolute atomic E-state index is 0.0671. The van der Waals surface area contributed by atoms with E-state index in [1.165, 1.54) is 4.90 Å². The maximum atomic E-state index is 12.0. The first-order valence-corrected chi connectivity index (χ1v) is 6.36. The number of amides is 1. The molecular weight excluding hydrogens is 246 g/mol. The van der Waals surface area contributed by atoms with Crippen molar-refractivity contribution in [3.8, 4) is 0 Å². The third kappa shape index (κ3) is 3.24. The van der Waals surface area contributed by atoms with Gasteiger partial charge in [0.25, 0.3) is 0 Å². The summed E-state index contributed by atoms with van der Waals surface area (Å²) in [4.78, 5) is 13.4. The van der Waals surface area contributed by atoms with Crippen LogP contribution in [0.25, 0.3) is 0 Å². The maximum absolute atomic E-state index is 12.0. The highest BCUT2D eigenvalue weighted by Crippen LogP contribution is 2.23. The molecule has 1 N–H and O–H groups in total. The van der Waals surface area contributed by atoms with Gasteiger partial charge in [0.15, 0.2) is 6.29 Å². The third-order valence-corrected chi connectivity index (χ3v) is 3.16. The van der Waals surface area contributed by atoms with Gasteiger partial charge in [0, 0.05) is 0 Å². The molecule has 0 radical (unpaired) electrons. The van der Waals surface area contributed by atoms with Crippen molar-refractivity contribution in [3.05, 3.63) is 35.9 Å². The third-order valence-electron chi connectivity index (χ3n) is 3.16. The average Bonchev–Trinajstić information content (AvgIpc) is 2.79. The summed E-state index contributed by atoms with van der Waals surface area (Å²) in [6.45, 7) is 4.15. The summed E-state index contributed by atoms with van der Waals surface area (Å²) in [6, 6.07) is 9.12. The van der Waals surface area contributed by atoms with Crippen LogP contribution in [0.3, 0.4) is 0 Å². The first-order valence-electron chi connectivity index (χ1n) is 6.36. The topological polar surface area (TPSA) is 59.0 Å². The lowest BCUT2D eigenvalue weighted by atomic mass is 10.0. The first-order chi connectivity index (χ1) is 9.09. The van der Waals surface area contributed by atoms with Crippen molar-refractivity contribution in [2.75, 3.05) is 6.73 Å². The number of aliphatic hydroxyl groups excluding tert-OH is 1. The highest BCUT2D eigenvalue weighted by atomic mass is 16.6. The Balaban J connectivity index is 1.93. The molecule has 1 amide bonds. The normalized spacial score (nSPS) is 22.8. The molecule has 104 valence electrons. The zero-order chi connectivity index (χ0) is 13.8. The number of aliphatic hydroxyl groups is 1. The Hall–Kier alpha value is -1.59. The molecule has 1 heterocycles. The molecule has 5 heteroatoms. The monoisotopic (exact) mass is 265 g/mol. The van der Waals surface area contributed by atoms with Gasteiger partial charge < -0.3 is 14.6 Å². The molecule has 0 bridgehead atoms. The van der Waals surface area contributed by atoms with Gasteiger partial charge in [-0.1, -0.05) is 44.2 Å². The Morgan fingerprint density at radius 3 is 2.79 bits per heavy atom. The fraction of sp³-hybridized carbons (Fsp3) is 0.500. The molecule has 5 nitrogen and oxygen atoms in total. The van der Waals surface area contributed by atoms with Crippen molar-refractivity contribution in [1.82, 2.24) is 4.90 Å². The van der Waals surface area contributed by atoms with E-state index in [2.05, 4.69) is 0 Å². The van der Waals surface area contributed by atoms with Crippen LogP contribution in [0.2, 0.25) is 0 Å². The van der Waals surface area contributed by atoms with Crippen molar-refractivity contribution in [1.29, 1.82) is 0 Å². The molecule has 1 aromatic rings. The van der Waals surface area contributed by atoms with Gasteiger partial charge in [0.1, 0.15) is 13.3 Å². The lowest BCUT2D eigenvalue weighted by molar-refractivity contribution is -0.0729. The SMILES string of the molecule is CC(C)[C@H]1C(O)OCN1C(=O)OCc1ccccc1. The summed E-state index contributed by atoms with van der Waals surface area (Å²) < 4.78 is 10.3. The van der Waals surface area contributed by atoms with Crippen LogP contribution in [0, 0.1) is 5.92 Å². The van der Waals surface area contributed by atoms with E-state index < -0.39 is 12.4 Å². The number of ether oxygens (including phenoxy) is 2. The predicted molar refractivity (Wildman–Crippen MR) is 69.1 cm³/mol. The minimum atomic E-state index is -0.940. The molecule has 1 fully saturated rings. The molecule has 0 saturated carbocycles. The molecule has 19 heavy (non-hydrogen) atoms. The number of carbonyl (C=O) groups excluding carboxylic acids is 1. The molecule has 1 aromatic carbocycles. The number of nitrogens with zero attached hydrogens (tertiary/aromatic N) is 1. The number of benzene rings is 1. The van der Waals surface area contributed by atoms with Crippen LogP contribution in [0.1, 0.15) is 19.4 Å². The van der Waals surface area contributed by atoms with Crippen LogP contribution in [0.15, 0.2) is 30.3 Å². The zero-order valence-corrected chi connectivity index (χ0v) is 11.2. The van der Waals surface area contributed by atoms with Crippen LogP contribution in [-0.4, -0.2) is 35.2 Å². The number of rotatable bonds is 3. The van der Waals surface area contributed by atoms with E-state index in [0.717, 1.165) is 5.56 Å². The summed E-state index contributed by atoms with van der Waals surface area (Å²) in [5.74, 6) is 0.0989. The van der Waals surface area contributed by atoms with Gasteiger partial charge in [-0.05, 0) is 11.5 Å². The fourth-order valence-corrected chi connectivity index (χ4v) is 2.16. The average molecular weight is 265 g/mol. The molecule has 1 saturated heterocycles. The van der Waals surface area contributed by atoms with E-state index in [9.17, 15) is 9.90 Å². The van der Waals surface area contributed by atoms with Gasteiger partial charge >= 0.3 is 6.09 Å². The molecule has 1 unspecified atom stereocenters. The summed E-state index contributed by atoms with van der Waals surface area (Å²) in [5, 5.41) is 9.69. The van der Waals surface area contributed by atoms with Crippen molar-refractivity contribution >= 4 is 6.09 Å². The van der Waals surface area contributed by atoms with E-state index in [-0.39, 0.29) is 25.3 Å². The molecule has 2 atom stereocenters. The number of hydrogen-bond donors (Lipinski definition) is 1. The Labute approximate surface area is 112 Å². The van der Waals surface area contributed by atoms with Crippen molar-refractivity contribution in [2.45, 2.75) is 32.8 Å². The number of hydrogen-bond acceptors (Lipinski definition) is 4. The molecule has 1 aliphatic rings. The van der Waals surface area contributed by atoms with E-state index in [0.29, 0.717) is 0 Å². The standard InChI is InChI=1S/C14H19NO4/c1-10(2)12-13(16)19-9-15(12)14(17)18-8-11-6-4-3-5-7-11/h3-7,10,12-13,16H,8-9H2,1-2H3/t12-,13?/m0/s1. The van der Waals surface area contributed by atoms with E-state index >= 15 is 0 Å². The van der Waals surface area contributed by atoms with Crippen molar-refractivity contribution in [3.63, 3.8) is 0 Å². The van der Waals surface area contributed by atoms with Crippen LogP contribution < -0.4 is 0 Å². The second kappa shape index (κ2) is 6.04. The summed E-state index contributed by atoms with van der Waals surface area (Å²) in [7, 11) is 0. The smallest absolute Gasteiger partial charge is 0.412 e. The van der Waals surface area contributed by atoms with E-state index in [1.54, 1.807) is 0 Å². The van der Waals surface area contributed by atoms with Crippen LogP contribution >= 0.6 is 0 Å². The van der Waals surface area contributed by atoms with Crippen molar-refractivity contribution in [2.24, 2.45) is 5.92 Å². The molecule has 0 spiro atoms. The Bertz CT molecular complexity index is 421. The zero-order valence-electron chi connectivity index (χ0n) is 11.2. The molecule has 0 aliphatic carbocycles. The maximum Gasteiger partial charge on any atom is 0.412 e. The molecule has 0 aromatic heterocycles. The van der Waals surface area contributed by atoms with Crippen LogP contribution in [0.4, 0.5) is 4.79 Å². The second-order valence-electron chi connectivity index (χ2n) is 4.93. The van der Waals surface area contributed by atoms with Gasteiger partial charge in [-0.25, -0.2) is 4.79 Å². The van der Waals surface area contributed by atoms with Gasteiger partial charge in [0.2, 0.25) is 0 Å². The van der Waals surface area contributed by atoms with Gasteiger partial charge in [-0.2, -0.15) is 0 Å². The molecule has 1 aliphatic heterocycles. The van der Waals surface area contributed by atoms with Gasteiger partial charge in [-0.3, -0.25) is 4.90 Å². The highest BCUT2D eigenvalue weighted by Gasteiger charge is 2.39. The molecular formula is C14H19NO4. The summed E-state index contributed by atoms with van der Waals surface area (Å²) >= 11 is 0. The Kier molecular flexibility index (Phi) is 4.39. The van der Waals surface area contributed by atoms with Crippen LogP contribution in [0.5, 0.6) is 0 Å². The number of carbonyl (C=O) groups is 1. The lowest BCUT2D eigenvalue weighted by Crippen LogP contribution is -2.43.